The van der Waals surface area contributed by atoms with E-state index in [1.807, 2.05) is 0 Å². The molecule has 16 heavy (non-hydrogen) atoms. The lowest BCUT2D eigenvalue weighted by atomic mass is 9.58. The Morgan fingerprint density at radius 3 is 2.06 bits per heavy atom. The molecule has 5 aliphatic rings. The fourth-order valence-electron chi connectivity index (χ4n) is 4.57. The molecule has 1 N–H and O–H groups in total. The van der Waals surface area contributed by atoms with Gasteiger partial charge in [0.25, 0.3) is 0 Å². The molecule has 2 saturated carbocycles. The lowest BCUT2D eigenvalue weighted by Crippen LogP contribution is -2.70. The Hall–Kier alpha value is -0.160. The van der Waals surface area contributed by atoms with Gasteiger partial charge >= 0.3 is 0 Å². The van der Waals surface area contributed by atoms with E-state index in [-0.39, 0.29) is 5.60 Å². The van der Waals surface area contributed by atoms with Gasteiger partial charge in [0, 0.05) is 24.7 Å². The summed E-state index contributed by atoms with van der Waals surface area (Å²) in [5, 5.41) is 10.4. The second kappa shape index (κ2) is 2.64. The SMILES string of the molecule is CC12C[C@@H]3CC(O)(C[C@H](C1)C31OCCO1)O2. The van der Waals surface area contributed by atoms with Gasteiger partial charge in [-0.05, 0) is 19.8 Å². The second-order valence-corrected chi connectivity index (χ2v) is 6.13. The highest BCUT2D eigenvalue weighted by molar-refractivity contribution is 5.11. The number of hydrogen-bond donors (Lipinski definition) is 1. The largest absolute Gasteiger partial charge is 0.365 e. The Labute approximate surface area is 94.9 Å². The number of aliphatic hydroxyl groups is 1. The third-order valence-corrected chi connectivity index (χ3v) is 4.80. The fraction of sp³-hybridized carbons (Fsp3) is 1.00. The molecule has 0 aromatic rings. The van der Waals surface area contributed by atoms with E-state index >= 15 is 0 Å². The Balaban J connectivity index is 1.77. The van der Waals surface area contributed by atoms with Crippen LogP contribution in [-0.2, 0) is 14.2 Å². The minimum Gasteiger partial charge on any atom is -0.365 e. The maximum atomic E-state index is 10.4. The van der Waals surface area contributed by atoms with Gasteiger partial charge in [-0.15, -0.1) is 0 Å². The van der Waals surface area contributed by atoms with Crippen molar-refractivity contribution in [3.05, 3.63) is 0 Å². The van der Waals surface area contributed by atoms with Crippen molar-refractivity contribution in [2.45, 2.75) is 49.8 Å². The van der Waals surface area contributed by atoms with Crippen molar-refractivity contribution >= 4 is 0 Å². The van der Waals surface area contributed by atoms with Crippen molar-refractivity contribution < 1.29 is 19.3 Å². The van der Waals surface area contributed by atoms with Crippen LogP contribution in [0.5, 0.6) is 0 Å². The normalized spacial score (nSPS) is 57.4. The van der Waals surface area contributed by atoms with E-state index in [1.165, 1.54) is 0 Å². The maximum Gasteiger partial charge on any atom is 0.174 e. The summed E-state index contributed by atoms with van der Waals surface area (Å²) in [4.78, 5) is 0. The van der Waals surface area contributed by atoms with Gasteiger partial charge in [0.1, 0.15) is 0 Å². The van der Waals surface area contributed by atoms with Gasteiger partial charge in [-0.3, -0.25) is 0 Å². The van der Waals surface area contributed by atoms with E-state index in [2.05, 4.69) is 6.92 Å². The van der Waals surface area contributed by atoms with Crippen LogP contribution < -0.4 is 0 Å². The molecule has 5 fully saturated rings. The first-order valence-electron chi connectivity index (χ1n) is 6.24. The van der Waals surface area contributed by atoms with Crippen molar-refractivity contribution in [1.29, 1.82) is 0 Å². The van der Waals surface area contributed by atoms with Crippen molar-refractivity contribution in [3.8, 4) is 0 Å². The summed E-state index contributed by atoms with van der Waals surface area (Å²) in [6.07, 6.45) is 3.23. The van der Waals surface area contributed by atoms with Gasteiger partial charge in [0.05, 0.1) is 18.8 Å². The summed E-state index contributed by atoms with van der Waals surface area (Å²) in [5.41, 5.74) is -0.166. The maximum absolute atomic E-state index is 10.4. The van der Waals surface area contributed by atoms with Gasteiger partial charge in [-0.25, -0.2) is 0 Å². The summed E-state index contributed by atoms with van der Waals surface area (Å²) in [6, 6.07) is 0. The van der Waals surface area contributed by atoms with Crippen LogP contribution in [0.4, 0.5) is 0 Å². The molecule has 4 bridgehead atoms. The van der Waals surface area contributed by atoms with E-state index < -0.39 is 11.6 Å². The Bertz CT molecular complexity index is 296. The Morgan fingerprint density at radius 2 is 1.56 bits per heavy atom. The molecule has 0 amide bonds. The van der Waals surface area contributed by atoms with Crippen LogP contribution in [0.25, 0.3) is 0 Å². The van der Waals surface area contributed by atoms with Crippen LogP contribution in [0.3, 0.4) is 0 Å². The Morgan fingerprint density at radius 1 is 1.00 bits per heavy atom. The summed E-state index contributed by atoms with van der Waals surface area (Å²) in [5.74, 6) is -0.714. The molecule has 2 unspecified atom stereocenters. The summed E-state index contributed by atoms with van der Waals surface area (Å²) >= 11 is 0. The smallest absolute Gasteiger partial charge is 0.174 e. The zero-order valence-corrected chi connectivity index (χ0v) is 9.57. The van der Waals surface area contributed by atoms with Crippen LogP contribution in [0.2, 0.25) is 0 Å². The lowest BCUT2D eigenvalue weighted by molar-refractivity contribution is -0.416. The zero-order valence-electron chi connectivity index (χ0n) is 9.57. The van der Waals surface area contributed by atoms with Gasteiger partial charge in [0.2, 0.25) is 0 Å². The minimum atomic E-state index is -0.916. The molecular weight excluding hydrogens is 208 g/mol. The highest BCUT2D eigenvalue weighted by Crippen LogP contribution is 2.62. The molecule has 4 atom stereocenters. The number of rotatable bonds is 0. The predicted molar refractivity (Wildman–Crippen MR) is 54.5 cm³/mol. The minimum absolute atomic E-state index is 0.166. The second-order valence-electron chi connectivity index (χ2n) is 6.13. The molecule has 4 nitrogen and oxygen atoms in total. The summed E-state index contributed by atoms with van der Waals surface area (Å²) in [6.45, 7) is 3.50. The van der Waals surface area contributed by atoms with Crippen LogP contribution in [0, 0.1) is 11.8 Å². The van der Waals surface area contributed by atoms with Gasteiger partial charge in [-0.2, -0.15) is 0 Å². The third kappa shape index (κ3) is 1.04. The molecular formula is C12H18O4. The first-order valence-corrected chi connectivity index (χ1v) is 6.24. The molecule has 90 valence electrons. The average molecular weight is 226 g/mol. The van der Waals surface area contributed by atoms with Crippen molar-refractivity contribution in [2.24, 2.45) is 11.8 Å². The molecule has 0 aromatic carbocycles. The van der Waals surface area contributed by atoms with Crippen LogP contribution in [0.1, 0.15) is 32.6 Å². The topological polar surface area (TPSA) is 47.9 Å². The average Bonchev–Trinajstić information content (AvgIpc) is 2.60. The molecule has 3 saturated heterocycles. The van der Waals surface area contributed by atoms with Crippen molar-refractivity contribution in [2.75, 3.05) is 13.2 Å². The van der Waals surface area contributed by atoms with Crippen molar-refractivity contribution in [3.63, 3.8) is 0 Å². The molecule has 3 aliphatic heterocycles. The van der Waals surface area contributed by atoms with Gasteiger partial charge in [0.15, 0.2) is 11.6 Å². The number of hydrogen-bond acceptors (Lipinski definition) is 4. The van der Waals surface area contributed by atoms with E-state index in [0.717, 1.165) is 12.8 Å². The van der Waals surface area contributed by atoms with Crippen LogP contribution in [-0.4, -0.2) is 35.5 Å². The quantitative estimate of drug-likeness (QED) is 0.670. The standard InChI is InChI=1S/C12H18O4/c1-10-4-8-6-11(13,16-10)7-9(5-10)12(8)14-2-3-15-12/h8-9,13H,2-7H2,1H3/t8-,9+,10?,11?. The molecule has 0 radical (unpaired) electrons. The van der Waals surface area contributed by atoms with Crippen molar-refractivity contribution in [1.82, 2.24) is 0 Å². The third-order valence-electron chi connectivity index (χ3n) is 4.80. The molecule has 4 heteroatoms. The molecule has 3 heterocycles. The van der Waals surface area contributed by atoms with Gasteiger partial charge < -0.3 is 19.3 Å². The van der Waals surface area contributed by atoms with Crippen LogP contribution in [0.15, 0.2) is 0 Å². The molecule has 1 spiro atoms. The number of ether oxygens (including phenoxy) is 3. The first-order chi connectivity index (χ1) is 7.54. The first kappa shape index (κ1) is 9.83. The predicted octanol–water partition coefficient (Wildman–Crippen LogP) is 1.03. The fourth-order valence-corrected chi connectivity index (χ4v) is 4.57. The Kier molecular flexibility index (Phi) is 1.62. The highest BCUT2D eigenvalue weighted by atomic mass is 16.7. The van der Waals surface area contributed by atoms with Crippen LogP contribution >= 0.6 is 0 Å². The zero-order chi connectivity index (χ0) is 11.0. The van der Waals surface area contributed by atoms with E-state index in [1.54, 1.807) is 0 Å². The summed E-state index contributed by atoms with van der Waals surface area (Å²) in [7, 11) is 0. The van der Waals surface area contributed by atoms with E-state index in [9.17, 15) is 5.11 Å². The molecule has 5 rings (SSSR count). The monoisotopic (exact) mass is 226 g/mol. The lowest BCUT2D eigenvalue weighted by Gasteiger charge is -2.64. The van der Waals surface area contributed by atoms with E-state index in [0.29, 0.717) is 37.9 Å². The molecule has 2 aliphatic carbocycles. The highest BCUT2D eigenvalue weighted by Gasteiger charge is 2.68. The molecule has 0 aromatic heterocycles. The van der Waals surface area contributed by atoms with Gasteiger partial charge in [-0.1, -0.05) is 0 Å². The summed E-state index contributed by atoms with van der Waals surface area (Å²) < 4.78 is 17.7. The van der Waals surface area contributed by atoms with E-state index in [4.69, 9.17) is 14.2 Å².